The van der Waals surface area contributed by atoms with Gasteiger partial charge >= 0.3 is 17.1 Å². The molecule has 1 aromatic rings. The molecule has 0 aliphatic heterocycles. The summed E-state index contributed by atoms with van der Waals surface area (Å²) in [6.07, 6.45) is 0. The summed E-state index contributed by atoms with van der Waals surface area (Å²) in [6.45, 7) is 0. The Balaban J connectivity index is 0.000000360. The minimum absolute atomic E-state index is 0. The van der Waals surface area contributed by atoms with Crippen molar-refractivity contribution in [3.8, 4) is 0 Å². The molecule has 0 saturated heterocycles. The molecular weight excluding hydrogens is 136 g/mol. The van der Waals surface area contributed by atoms with Crippen LogP contribution in [0.15, 0.2) is 30.3 Å². The number of rotatable bonds is 0. The molecule has 0 saturated carbocycles. The summed E-state index contributed by atoms with van der Waals surface area (Å²) in [5.74, 6) is 0. The molecule has 0 aromatic heterocycles. The van der Waals surface area contributed by atoms with E-state index in [1.165, 1.54) is 0 Å². The van der Waals surface area contributed by atoms with Crippen LogP contribution in [0.4, 0.5) is 0 Å². The van der Waals surface area contributed by atoms with Gasteiger partial charge in [-0.25, -0.2) is 0 Å². The van der Waals surface area contributed by atoms with Gasteiger partial charge in [0, 0.05) is 0 Å². The van der Waals surface area contributed by atoms with Crippen LogP contribution in [0.2, 0.25) is 0 Å². The summed E-state index contributed by atoms with van der Waals surface area (Å²) in [7, 11) is 0. The second-order valence-corrected chi connectivity index (χ2v) is 1.08. The minimum atomic E-state index is 0. The summed E-state index contributed by atoms with van der Waals surface area (Å²) in [6, 6.07) is 12.5. The third kappa shape index (κ3) is 2.44. The van der Waals surface area contributed by atoms with Gasteiger partial charge in [-0.05, 0) is 0 Å². The quantitative estimate of drug-likeness (QED) is 0.379. The first-order chi connectivity index (χ1) is 3.00. The molecule has 1 radical (unpaired) electrons. The average Bonchev–Trinajstić information content (AvgIpc) is 1.72. The Hall–Kier alpha value is -0.261. The molecule has 1 rings (SSSR count). The number of hydrogen-bond acceptors (Lipinski definition) is 0. The molecule has 0 aliphatic carbocycles. The molecule has 0 heterocycles. The molecule has 1 aromatic carbocycles. The van der Waals surface area contributed by atoms with Gasteiger partial charge in [-0.2, -0.15) is 36.4 Å². The standard InChI is InChI=1S/C6H5.Cu/c1-2-4-6-5-3-1;/h1-5H;/q-1;+2. The molecule has 1 heteroatoms. The van der Waals surface area contributed by atoms with E-state index in [9.17, 15) is 0 Å². The molecule has 7 heavy (non-hydrogen) atoms. The predicted octanol–water partition coefficient (Wildman–Crippen LogP) is 1.48. The minimum Gasteiger partial charge on any atom is -0.184 e. The second kappa shape index (κ2) is 3.91. The van der Waals surface area contributed by atoms with Gasteiger partial charge in [0.15, 0.2) is 0 Å². The predicted molar refractivity (Wildman–Crippen MR) is 25.3 cm³/mol. The van der Waals surface area contributed by atoms with Crippen LogP contribution in [-0.4, -0.2) is 0 Å². The monoisotopic (exact) mass is 140 g/mol. The third-order valence-electron chi connectivity index (χ3n) is 0.607. The molecule has 0 amide bonds. The molecule has 0 spiro atoms. The van der Waals surface area contributed by atoms with Crippen molar-refractivity contribution in [2.75, 3.05) is 0 Å². The van der Waals surface area contributed by atoms with Crippen molar-refractivity contribution in [2.24, 2.45) is 0 Å². The van der Waals surface area contributed by atoms with Gasteiger partial charge in [0.2, 0.25) is 0 Å². The Bertz CT molecular complexity index is 76.1. The fourth-order valence-corrected chi connectivity index (χ4v) is 0.342. The van der Waals surface area contributed by atoms with Crippen molar-refractivity contribution < 1.29 is 17.1 Å². The SMILES string of the molecule is [Cu+2].[c-]1ccccc1. The van der Waals surface area contributed by atoms with Gasteiger partial charge in [-0.15, -0.1) is 0 Å². The van der Waals surface area contributed by atoms with E-state index in [0.29, 0.717) is 0 Å². The van der Waals surface area contributed by atoms with Crippen molar-refractivity contribution in [2.45, 2.75) is 0 Å². The molecule has 0 fully saturated rings. The first-order valence-corrected chi connectivity index (χ1v) is 1.91. The number of hydrogen-bond donors (Lipinski definition) is 0. The summed E-state index contributed by atoms with van der Waals surface area (Å²) in [5, 5.41) is 0. The Kier molecular flexibility index (Phi) is 3.77. The van der Waals surface area contributed by atoms with Gasteiger partial charge in [0.1, 0.15) is 0 Å². The Labute approximate surface area is 54.0 Å². The Morgan fingerprint density at radius 2 is 1.43 bits per heavy atom. The molecule has 0 aliphatic rings. The van der Waals surface area contributed by atoms with Crippen molar-refractivity contribution in [1.82, 2.24) is 0 Å². The van der Waals surface area contributed by atoms with E-state index in [1.54, 1.807) is 0 Å². The topological polar surface area (TPSA) is 0 Å². The fourth-order valence-electron chi connectivity index (χ4n) is 0.342. The van der Waals surface area contributed by atoms with E-state index < -0.39 is 0 Å². The van der Waals surface area contributed by atoms with Crippen LogP contribution in [0.5, 0.6) is 0 Å². The van der Waals surface area contributed by atoms with Crippen LogP contribution in [0.3, 0.4) is 0 Å². The molecule has 0 nitrogen and oxygen atoms in total. The van der Waals surface area contributed by atoms with Gasteiger partial charge in [0.25, 0.3) is 0 Å². The number of benzene rings is 1. The molecule has 0 unspecified atom stereocenters. The fraction of sp³-hybridized carbons (Fsp3) is 0. The van der Waals surface area contributed by atoms with Crippen LogP contribution in [0, 0.1) is 6.07 Å². The van der Waals surface area contributed by atoms with E-state index in [4.69, 9.17) is 0 Å². The van der Waals surface area contributed by atoms with E-state index in [2.05, 4.69) is 6.07 Å². The zero-order valence-electron chi connectivity index (χ0n) is 3.69. The van der Waals surface area contributed by atoms with Crippen molar-refractivity contribution in [3.63, 3.8) is 0 Å². The van der Waals surface area contributed by atoms with E-state index >= 15 is 0 Å². The van der Waals surface area contributed by atoms with E-state index in [0.717, 1.165) is 0 Å². The zero-order valence-corrected chi connectivity index (χ0v) is 4.63. The van der Waals surface area contributed by atoms with Crippen LogP contribution in [0.1, 0.15) is 0 Å². The zero-order chi connectivity index (χ0) is 4.24. The van der Waals surface area contributed by atoms with Crippen LogP contribution >= 0.6 is 0 Å². The maximum absolute atomic E-state index is 2.89. The van der Waals surface area contributed by atoms with E-state index in [1.807, 2.05) is 30.3 Å². The summed E-state index contributed by atoms with van der Waals surface area (Å²) in [4.78, 5) is 0. The van der Waals surface area contributed by atoms with Crippen molar-refractivity contribution in [1.29, 1.82) is 0 Å². The Morgan fingerprint density at radius 1 is 0.857 bits per heavy atom. The van der Waals surface area contributed by atoms with Crippen molar-refractivity contribution in [3.05, 3.63) is 36.4 Å². The summed E-state index contributed by atoms with van der Waals surface area (Å²) in [5.41, 5.74) is 0. The smallest absolute Gasteiger partial charge is 0.184 e. The maximum atomic E-state index is 2.89. The first-order valence-electron chi connectivity index (χ1n) is 1.91. The van der Waals surface area contributed by atoms with E-state index in [-0.39, 0.29) is 17.1 Å². The van der Waals surface area contributed by atoms with Crippen molar-refractivity contribution >= 4 is 0 Å². The molecule has 0 atom stereocenters. The summed E-state index contributed by atoms with van der Waals surface area (Å²) >= 11 is 0. The van der Waals surface area contributed by atoms with Crippen LogP contribution in [-0.2, 0) is 17.1 Å². The maximum Gasteiger partial charge on any atom is 2.00 e. The Morgan fingerprint density at radius 3 is 1.57 bits per heavy atom. The third-order valence-corrected chi connectivity index (χ3v) is 0.607. The summed E-state index contributed by atoms with van der Waals surface area (Å²) < 4.78 is 0. The second-order valence-electron chi connectivity index (χ2n) is 1.08. The van der Waals surface area contributed by atoms with Gasteiger partial charge < -0.3 is 0 Å². The van der Waals surface area contributed by atoms with Crippen LogP contribution < -0.4 is 0 Å². The first kappa shape index (κ1) is 6.74. The van der Waals surface area contributed by atoms with Gasteiger partial charge in [0.05, 0.1) is 0 Å². The molecule has 0 bridgehead atoms. The normalized spacial score (nSPS) is 6.86. The molecular formula is C6H5Cu+. The molecule has 0 N–H and O–H groups in total. The molecule has 39 valence electrons. The van der Waals surface area contributed by atoms with Crippen LogP contribution in [0.25, 0.3) is 0 Å². The van der Waals surface area contributed by atoms with Gasteiger partial charge in [-0.1, -0.05) is 0 Å². The van der Waals surface area contributed by atoms with Gasteiger partial charge in [-0.3, -0.25) is 0 Å². The average molecular weight is 141 g/mol. The largest absolute Gasteiger partial charge is 2.00 e.